The van der Waals surface area contributed by atoms with Crippen LogP contribution >= 0.6 is 12.2 Å². The summed E-state index contributed by atoms with van der Waals surface area (Å²) in [7, 11) is 0. The molecule has 4 nitrogen and oxygen atoms in total. The molecule has 2 rings (SSSR count). The molecule has 0 unspecified atom stereocenters. The molecule has 0 aliphatic carbocycles. The van der Waals surface area contributed by atoms with E-state index < -0.39 is 0 Å². The Hall–Kier alpha value is -2.40. The zero-order valence-corrected chi connectivity index (χ0v) is 15.6. The van der Waals surface area contributed by atoms with Crippen molar-refractivity contribution in [2.75, 3.05) is 11.9 Å². The summed E-state index contributed by atoms with van der Waals surface area (Å²) < 4.78 is 0. The van der Waals surface area contributed by atoms with Crippen molar-refractivity contribution < 1.29 is 4.79 Å². The molecule has 25 heavy (non-hydrogen) atoms. The summed E-state index contributed by atoms with van der Waals surface area (Å²) in [5.41, 5.74) is 8.65. The van der Waals surface area contributed by atoms with Crippen molar-refractivity contribution in [1.29, 1.82) is 0 Å². The van der Waals surface area contributed by atoms with Gasteiger partial charge in [-0.3, -0.25) is 4.79 Å². The van der Waals surface area contributed by atoms with Crippen LogP contribution in [-0.4, -0.2) is 22.5 Å². The van der Waals surface area contributed by atoms with Crippen LogP contribution in [-0.2, 0) is 11.3 Å². The van der Waals surface area contributed by atoms with Gasteiger partial charge in [0, 0.05) is 25.2 Å². The molecule has 1 amide bonds. The number of nitrogens with two attached hydrogens (primary N) is 1. The summed E-state index contributed by atoms with van der Waals surface area (Å²) in [5, 5.41) is 3.84. The van der Waals surface area contributed by atoms with E-state index in [1.54, 1.807) is 0 Å². The number of nitrogens with zero attached hydrogens (tertiary/aromatic N) is 1. The maximum absolute atomic E-state index is 11.2. The highest BCUT2D eigenvalue weighted by molar-refractivity contribution is 7.80. The molecule has 132 valence electrons. The molecule has 2 aromatic rings. The minimum atomic E-state index is -0.331. The maximum atomic E-state index is 11.2. The molecular weight excluding hydrogens is 330 g/mol. The van der Waals surface area contributed by atoms with Gasteiger partial charge in [0.2, 0.25) is 5.91 Å². The van der Waals surface area contributed by atoms with Crippen molar-refractivity contribution in [3.05, 3.63) is 65.7 Å². The Morgan fingerprint density at radius 2 is 1.76 bits per heavy atom. The van der Waals surface area contributed by atoms with Gasteiger partial charge in [-0.15, -0.1) is 0 Å². The van der Waals surface area contributed by atoms with Gasteiger partial charge >= 0.3 is 0 Å². The second-order valence-corrected chi connectivity index (χ2v) is 6.72. The number of hydrogen-bond acceptors (Lipinski definition) is 2. The standard InChI is InChI=1S/C20H25N3OS/c1-15(2)17-8-10-18(11-9-17)22-20(25)23(13-12-19(21)24)14-16-6-4-3-5-7-16/h3-11,15H,12-14H2,1-2H3,(H2,21,24)(H,22,25). The second-order valence-electron chi connectivity index (χ2n) is 6.33. The van der Waals surface area contributed by atoms with Crippen molar-refractivity contribution in [3.8, 4) is 0 Å². The number of rotatable bonds is 7. The highest BCUT2D eigenvalue weighted by atomic mass is 32.1. The average molecular weight is 356 g/mol. The highest BCUT2D eigenvalue weighted by Crippen LogP contribution is 2.18. The summed E-state index contributed by atoms with van der Waals surface area (Å²) in [4.78, 5) is 13.1. The Morgan fingerprint density at radius 1 is 1.12 bits per heavy atom. The van der Waals surface area contributed by atoms with E-state index in [1.807, 2.05) is 47.4 Å². The van der Waals surface area contributed by atoms with E-state index in [2.05, 4.69) is 31.3 Å². The number of amides is 1. The van der Waals surface area contributed by atoms with Gasteiger partial charge in [-0.05, 0) is 41.4 Å². The molecule has 0 heterocycles. The van der Waals surface area contributed by atoms with Crippen LogP contribution in [0.5, 0.6) is 0 Å². The van der Waals surface area contributed by atoms with Crippen LogP contribution in [0.3, 0.4) is 0 Å². The lowest BCUT2D eigenvalue weighted by atomic mass is 10.0. The number of anilines is 1. The van der Waals surface area contributed by atoms with E-state index in [0.717, 1.165) is 11.3 Å². The van der Waals surface area contributed by atoms with Crippen molar-refractivity contribution in [3.63, 3.8) is 0 Å². The van der Waals surface area contributed by atoms with Crippen molar-refractivity contribution >= 4 is 28.9 Å². The summed E-state index contributed by atoms with van der Waals surface area (Å²) in [5.74, 6) is 0.160. The molecule has 2 aromatic carbocycles. The molecule has 0 saturated carbocycles. The van der Waals surface area contributed by atoms with Crippen LogP contribution in [0.4, 0.5) is 5.69 Å². The summed E-state index contributed by atoms with van der Waals surface area (Å²) in [6.07, 6.45) is 0.265. The lowest BCUT2D eigenvalue weighted by molar-refractivity contribution is -0.118. The van der Waals surface area contributed by atoms with E-state index in [0.29, 0.717) is 24.1 Å². The molecule has 0 radical (unpaired) electrons. The summed E-state index contributed by atoms with van der Waals surface area (Å²) in [6, 6.07) is 18.3. The number of carbonyl (C=O) groups excluding carboxylic acids is 1. The number of carbonyl (C=O) groups is 1. The van der Waals surface area contributed by atoms with Gasteiger partial charge in [0.1, 0.15) is 0 Å². The first-order chi connectivity index (χ1) is 12.0. The first-order valence-electron chi connectivity index (χ1n) is 8.44. The van der Waals surface area contributed by atoms with Gasteiger partial charge in [0.25, 0.3) is 0 Å². The molecule has 0 atom stereocenters. The molecular formula is C20H25N3OS. The van der Waals surface area contributed by atoms with Crippen LogP contribution in [0.25, 0.3) is 0 Å². The van der Waals surface area contributed by atoms with Crippen LogP contribution in [0, 0.1) is 0 Å². The number of hydrogen-bond donors (Lipinski definition) is 2. The highest BCUT2D eigenvalue weighted by Gasteiger charge is 2.12. The van der Waals surface area contributed by atoms with Crippen molar-refractivity contribution in [2.45, 2.75) is 32.7 Å². The average Bonchev–Trinajstić information content (AvgIpc) is 2.59. The molecule has 0 saturated heterocycles. The van der Waals surface area contributed by atoms with Crippen LogP contribution < -0.4 is 11.1 Å². The topological polar surface area (TPSA) is 58.4 Å². The smallest absolute Gasteiger partial charge is 0.219 e. The summed E-state index contributed by atoms with van der Waals surface area (Å²) >= 11 is 5.56. The van der Waals surface area contributed by atoms with E-state index in [9.17, 15) is 4.79 Å². The number of thiocarbonyl (C=S) groups is 1. The van der Waals surface area contributed by atoms with Crippen molar-refractivity contribution in [2.24, 2.45) is 5.73 Å². The quantitative estimate of drug-likeness (QED) is 0.740. The number of nitrogens with one attached hydrogen (secondary N) is 1. The third-order valence-corrected chi connectivity index (χ3v) is 4.32. The molecule has 0 fully saturated rings. The second kappa shape index (κ2) is 9.18. The predicted octanol–water partition coefficient (Wildman–Crippen LogP) is 3.88. The molecule has 0 aromatic heterocycles. The Labute approximate surface area is 155 Å². The maximum Gasteiger partial charge on any atom is 0.219 e. The first kappa shape index (κ1) is 18.9. The lowest BCUT2D eigenvalue weighted by Crippen LogP contribution is -2.36. The van der Waals surface area contributed by atoms with Gasteiger partial charge in [0.05, 0.1) is 0 Å². The summed E-state index contributed by atoms with van der Waals surface area (Å²) in [6.45, 7) is 5.45. The lowest BCUT2D eigenvalue weighted by Gasteiger charge is -2.26. The van der Waals surface area contributed by atoms with Crippen LogP contribution in [0.1, 0.15) is 37.3 Å². The molecule has 0 aliphatic rings. The van der Waals surface area contributed by atoms with Gasteiger partial charge in [0.15, 0.2) is 5.11 Å². The van der Waals surface area contributed by atoms with Gasteiger partial charge in [-0.1, -0.05) is 56.3 Å². The molecule has 3 N–H and O–H groups in total. The Bertz CT molecular complexity index is 699. The molecule has 0 spiro atoms. The molecule has 0 bridgehead atoms. The SMILES string of the molecule is CC(C)c1ccc(NC(=S)N(CCC(N)=O)Cc2ccccc2)cc1. The Kier molecular flexibility index (Phi) is 6.95. The van der Waals surface area contributed by atoms with Crippen LogP contribution in [0.15, 0.2) is 54.6 Å². The van der Waals surface area contributed by atoms with Crippen molar-refractivity contribution in [1.82, 2.24) is 4.90 Å². The zero-order chi connectivity index (χ0) is 18.2. The van der Waals surface area contributed by atoms with Crippen LogP contribution in [0.2, 0.25) is 0 Å². The fourth-order valence-corrected chi connectivity index (χ4v) is 2.73. The largest absolute Gasteiger partial charge is 0.370 e. The monoisotopic (exact) mass is 355 g/mol. The normalized spacial score (nSPS) is 10.5. The molecule has 5 heteroatoms. The minimum Gasteiger partial charge on any atom is -0.370 e. The van der Waals surface area contributed by atoms with E-state index in [-0.39, 0.29) is 12.3 Å². The van der Waals surface area contributed by atoms with E-state index in [1.165, 1.54) is 5.56 Å². The zero-order valence-electron chi connectivity index (χ0n) is 14.7. The Morgan fingerprint density at radius 3 is 2.32 bits per heavy atom. The fraction of sp³-hybridized carbons (Fsp3) is 0.300. The van der Waals surface area contributed by atoms with E-state index in [4.69, 9.17) is 18.0 Å². The predicted molar refractivity (Wildman–Crippen MR) is 107 cm³/mol. The Balaban J connectivity index is 2.06. The number of primary amides is 1. The van der Waals surface area contributed by atoms with Gasteiger partial charge in [-0.25, -0.2) is 0 Å². The van der Waals surface area contributed by atoms with Gasteiger partial charge in [-0.2, -0.15) is 0 Å². The first-order valence-corrected chi connectivity index (χ1v) is 8.84. The van der Waals surface area contributed by atoms with Gasteiger partial charge < -0.3 is 16.0 Å². The third kappa shape index (κ3) is 6.19. The third-order valence-electron chi connectivity index (χ3n) is 3.96. The van der Waals surface area contributed by atoms with E-state index >= 15 is 0 Å². The minimum absolute atomic E-state index is 0.265. The molecule has 0 aliphatic heterocycles. The number of benzene rings is 2. The fourth-order valence-electron chi connectivity index (χ4n) is 2.46.